The molecule has 0 bridgehead atoms. The number of esters is 6. The van der Waals surface area contributed by atoms with Crippen molar-refractivity contribution in [3.05, 3.63) is 0 Å². The molecular formula is C21H36AlO9. The Morgan fingerprint density at radius 1 is 0.484 bits per heavy atom. The molecule has 0 fully saturated rings. The zero-order valence-electron chi connectivity index (χ0n) is 19.6. The SMILES string of the molecule is CCCCC(=O)OC(C)=O.CCCCC(=O)OC(C)=O.CCCCC(=O)OC(C)=O.[Al]. The third-order valence-corrected chi connectivity index (χ3v) is 2.98. The summed E-state index contributed by atoms with van der Waals surface area (Å²) in [5.41, 5.74) is 0. The quantitative estimate of drug-likeness (QED) is 0.220. The third-order valence-electron chi connectivity index (χ3n) is 2.98. The van der Waals surface area contributed by atoms with E-state index in [9.17, 15) is 28.8 Å². The summed E-state index contributed by atoms with van der Waals surface area (Å²) in [6.45, 7) is 9.60. The first kappa shape index (κ1) is 36.3. The Balaban J connectivity index is -0.000000174. The van der Waals surface area contributed by atoms with Crippen LogP contribution in [0.15, 0.2) is 0 Å². The molecule has 0 aliphatic rings. The van der Waals surface area contributed by atoms with Crippen LogP contribution < -0.4 is 0 Å². The molecule has 0 unspecified atom stereocenters. The molecule has 177 valence electrons. The van der Waals surface area contributed by atoms with Crippen molar-refractivity contribution in [1.29, 1.82) is 0 Å². The van der Waals surface area contributed by atoms with Crippen LogP contribution in [-0.2, 0) is 43.0 Å². The lowest BCUT2D eigenvalue weighted by Crippen LogP contribution is -2.08. The van der Waals surface area contributed by atoms with Crippen LogP contribution in [0.5, 0.6) is 0 Å². The third kappa shape index (κ3) is 39.1. The fourth-order valence-corrected chi connectivity index (χ4v) is 1.60. The first-order valence-electron chi connectivity index (χ1n) is 10.1. The summed E-state index contributed by atoms with van der Waals surface area (Å²) >= 11 is 0. The van der Waals surface area contributed by atoms with Gasteiger partial charge in [-0.25, -0.2) is 0 Å². The van der Waals surface area contributed by atoms with Gasteiger partial charge in [-0.15, -0.1) is 0 Å². The number of carbonyl (C=O) groups is 6. The highest BCUT2D eigenvalue weighted by Gasteiger charge is 2.04. The molecule has 0 N–H and O–H groups in total. The van der Waals surface area contributed by atoms with Crippen molar-refractivity contribution in [3.63, 3.8) is 0 Å². The van der Waals surface area contributed by atoms with E-state index in [2.05, 4.69) is 14.2 Å². The highest BCUT2D eigenvalue weighted by Crippen LogP contribution is 1.97. The van der Waals surface area contributed by atoms with Crippen molar-refractivity contribution in [1.82, 2.24) is 0 Å². The van der Waals surface area contributed by atoms with Gasteiger partial charge >= 0.3 is 35.8 Å². The van der Waals surface area contributed by atoms with Crippen LogP contribution in [0.2, 0.25) is 0 Å². The fourth-order valence-electron chi connectivity index (χ4n) is 1.60. The zero-order valence-corrected chi connectivity index (χ0v) is 20.8. The minimum Gasteiger partial charge on any atom is -0.393 e. The van der Waals surface area contributed by atoms with Gasteiger partial charge in [0.25, 0.3) is 0 Å². The lowest BCUT2D eigenvalue weighted by atomic mass is 10.2. The highest BCUT2D eigenvalue weighted by molar-refractivity contribution is 5.84. The molecule has 0 aliphatic heterocycles. The van der Waals surface area contributed by atoms with Gasteiger partial charge in [-0.2, -0.15) is 0 Å². The van der Waals surface area contributed by atoms with Gasteiger partial charge in [0.1, 0.15) is 0 Å². The van der Waals surface area contributed by atoms with Crippen molar-refractivity contribution in [2.24, 2.45) is 0 Å². The molecule has 0 atom stereocenters. The molecule has 0 aliphatic carbocycles. The second-order valence-corrected chi connectivity index (χ2v) is 6.21. The average molecular weight is 459 g/mol. The minimum absolute atomic E-state index is 0. The van der Waals surface area contributed by atoms with Crippen LogP contribution in [-0.4, -0.2) is 53.2 Å². The van der Waals surface area contributed by atoms with Crippen molar-refractivity contribution < 1.29 is 43.0 Å². The Labute approximate surface area is 195 Å². The highest BCUT2D eigenvalue weighted by atomic mass is 27.0. The summed E-state index contributed by atoms with van der Waals surface area (Å²) in [4.78, 5) is 62.2. The summed E-state index contributed by atoms with van der Waals surface area (Å²) in [6.07, 6.45) is 6.19. The molecule has 0 amide bonds. The molecular weight excluding hydrogens is 423 g/mol. The molecule has 0 aromatic heterocycles. The normalized spacial score (nSPS) is 8.71. The summed E-state index contributed by atoms with van der Waals surface area (Å²) < 4.78 is 12.8. The van der Waals surface area contributed by atoms with Gasteiger partial charge in [0.05, 0.1) is 0 Å². The largest absolute Gasteiger partial charge is 0.393 e. The van der Waals surface area contributed by atoms with E-state index >= 15 is 0 Å². The fraction of sp³-hybridized carbons (Fsp3) is 0.714. The summed E-state index contributed by atoms with van der Waals surface area (Å²) in [6, 6.07) is 0. The molecule has 0 saturated heterocycles. The number of hydrogen-bond donors (Lipinski definition) is 0. The Hall–Kier alpha value is -2.05. The van der Waals surface area contributed by atoms with E-state index in [1.807, 2.05) is 20.8 Å². The van der Waals surface area contributed by atoms with Gasteiger partial charge in [0.2, 0.25) is 0 Å². The van der Waals surface area contributed by atoms with Crippen LogP contribution >= 0.6 is 0 Å². The zero-order chi connectivity index (χ0) is 23.9. The van der Waals surface area contributed by atoms with E-state index in [1.54, 1.807) is 0 Å². The maximum Gasteiger partial charge on any atom is 0.313 e. The van der Waals surface area contributed by atoms with Crippen LogP contribution in [0, 0.1) is 0 Å². The van der Waals surface area contributed by atoms with Gasteiger partial charge in [0.15, 0.2) is 0 Å². The number of hydrogen-bond acceptors (Lipinski definition) is 9. The van der Waals surface area contributed by atoms with Crippen molar-refractivity contribution in [3.8, 4) is 0 Å². The Morgan fingerprint density at radius 2 is 0.677 bits per heavy atom. The van der Waals surface area contributed by atoms with Gasteiger partial charge in [-0.05, 0) is 19.3 Å². The molecule has 31 heavy (non-hydrogen) atoms. The van der Waals surface area contributed by atoms with Crippen molar-refractivity contribution in [2.75, 3.05) is 0 Å². The van der Waals surface area contributed by atoms with Gasteiger partial charge in [-0.1, -0.05) is 40.0 Å². The lowest BCUT2D eigenvalue weighted by Gasteiger charge is -1.96. The topological polar surface area (TPSA) is 130 Å². The standard InChI is InChI=1S/3C7H12O3.Al/c3*1-3-4-5-7(9)10-6(2)8;/h3*3-5H2,1-2H3;. The lowest BCUT2D eigenvalue weighted by molar-refractivity contribution is -0.159. The Morgan fingerprint density at radius 3 is 0.806 bits per heavy atom. The van der Waals surface area contributed by atoms with Crippen molar-refractivity contribution >= 4 is 53.2 Å². The van der Waals surface area contributed by atoms with E-state index in [4.69, 9.17) is 0 Å². The van der Waals surface area contributed by atoms with E-state index in [0.717, 1.165) is 38.5 Å². The van der Waals surface area contributed by atoms with E-state index < -0.39 is 35.8 Å². The molecule has 9 nitrogen and oxygen atoms in total. The average Bonchev–Trinajstić information content (AvgIpc) is 2.62. The van der Waals surface area contributed by atoms with Crippen LogP contribution in [0.4, 0.5) is 0 Å². The smallest absolute Gasteiger partial charge is 0.313 e. The molecule has 3 radical (unpaired) electrons. The molecule has 0 aromatic rings. The van der Waals surface area contributed by atoms with Gasteiger partial charge in [0, 0.05) is 57.4 Å². The van der Waals surface area contributed by atoms with Crippen LogP contribution in [0.25, 0.3) is 0 Å². The number of unbranched alkanes of at least 4 members (excludes halogenated alkanes) is 3. The molecule has 0 saturated carbocycles. The van der Waals surface area contributed by atoms with Crippen LogP contribution in [0.1, 0.15) is 99.3 Å². The maximum absolute atomic E-state index is 10.6. The summed E-state index contributed by atoms with van der Waals surface area (Å²) in [5, 5.41) is 0. The molecule has 10 heteroatoms. The second-order valence-electron chi connectivity index (χ2n) is 6.21. The van der Waals surface area contributed by atoms with Gasteiger partial charge < -0.3 is 14.2 Å². The Bertz CT molecular complexity index is 469. The molecule has 0 heterocycles. The summed E-state index contributed by atoms with van der Waals surface area (Å²) in [5.74, 6) is -2.85. The predicted molar refractivity (Wildman–Crippen MR) is 115 cm³/mol. The molecule has 0 rings (SSSR count). The Kier molecular flexibility index (Phi) is 30.5. The number of ether oxygens (including phenoxy) is 3. The first-order valence-corrected chi connectivity index (χ1v) is 10.1. The van der Waals surface area contributed by atoms with Crippen molar-refractivity contribution in [2.45, 2.75) is 99.3 Å². The maximum atomic E-state index is 10.6. The number of carbonyl (C=O) groups excluding carboxylic acids is 6. The monoisotopic (exact) mass is 459 g/mol. The predicted octanol–water partition coefficient (Wildman–Crippen LogP) is 3.42. The van der Waals surface area contributed by atoms with Gasteiger partial charge in [-0.3, -0.25) is 28.8 Å². The summed E-state index contributed by atoms with van der Waals surface area (Å²) in [7, 11) is 0. The molecule has 0 spiro atoms. The van der Waals surface area contributed by atoms with E-state index in [0.29, 0.717) is 19.3 Å². The minimum atomic E-state index is -0.527. The first-order chi connectivity index (χ1) is 14.0. The second kappa shape index (κ2) is 26.0. The van der Waals surface area contributed by atoms with E-state index in [1.165, 1.54) is 20.8 Å². The van der Waals surface area contributed by atoms with E-state index in [-0.39, 0.29) is 17.4 Å². The van der Waals surface area contributed by atoms with Crippen LogP contribution in [0.3, 0.4) is 0 Å². The number of rotatable bonds is 9. The molecule has 0 aromatic carbocycles.